The van der Waals surface area contributed by atoms with Gasteiger partial charge in [0.1, 0.15) is 0 Å². The van der Waals surface area contributed by atoms with Gasteiger partial charge in [0.2, 0.25) is 5.91 Å². The minimum absolute atomic E-state index is 0.108. The number of amides is 1. The third-order valence-electron chi connectivity index (χ3n) is 1.95. The van der Waals surface area contributed by atoms with E-state index in [1.165, 1.54) is 6.42 Å². The van der Waals surface area contributed by atoms with E-state index in [1.54, 1.807) is 0 Å². The first-order chi connectivity index (χ1) is 5.20. The first-order valence-corrected chi connectivity index (χ1v) is 4.20. The average molecular weight is 156 g/mol. The summed E-state index contributed by atoms with van der Waals surface area (Å²) in [6.07, 6.45) is 1.28. The summed E-state index contributed by atoms with van der Waals surface area (Å²) < 4.78 is 0. The minimum Gasteiger partial charge on any atom is -0.343 e. The smallest absolute Gasteiger partial charge is 0.223 e. The molecule has 1 rings (SSSR count). The standard InChI is InChI=1S/C8H16N2O/c1-7(2)8(11)9-6-10-4-3-5-10/h7H,3-6H2,1-2H3,(H,9,11). The van der Waals surface area contributed by atoms with Crippen molar-refractivity contribution in [3.05, 3.63) is 0 Å². The highest BCUT2D eigenvalue weighted by Crippen LogP contribution is 2.02. The van der Waals surface area contributed by atoms with Crippen LogP contribution in [0.3, 0.4) is 0 Å². The topological polar surface area (TPSA) is 32.3 Å². The Hall–Kier alpha value is -0.570. The van der Waals surface area contributed by atoms with Gasteiger partial charge in [0.25, 0.3) is 0 Å². The van der Waals surface area contributed by atoms with Gasteiger partial charge < -0.3 is 5.32 Å². The molecule has 1 fully saturated rings. The van der Waals surface area contributed by atoms with Crippen molar-refractivity contribution >= 4 is 5.91 Å². The monoisotopic (exact) mass is 156 g/mol. The molecule has 1 heterocycles. The van der Waals surface area contributed by atoms with Crippen molar-refractivity contribution in [2.75, 3.05) is 19.8 Å². The van der Waals surface area contributed by atoms with Gasteiger partial charge in [-0.15, -0.1) is 0 Å². The van der Waals surface area contributed by atoms with Crippen molar-refractivity contribution in [3.63, 3.8) is 0 Å². The van der Waals surface area contributed by atoms with Gasteiger partial charge in [-0.2, -0.15) is 0 Å². The molecule has 1 N–H and O–H groups in total. The van der Waals surface area contributed by atoms with Crippen molar-refractivity contribution in [2.45, 2.75) is 20.3 Å². The molecule has 3 nitrogen and oxygen atoms in total. The molecule has 0 radical (unpaired) electrons. The second kappa shape index (κ2) is 3.72. The summed E-state index contributed by atoms with van der Waals surface area (Å²) in [7, 11) is 0. The highest BCUT2D eigenvalue weighted by atomic mass is 16.1. The number of carbonyl (C=O) groups excluding carboxylic acids is 1. The van der Waals surface area contributed by atoms with E-state index in [1.807, 2.05) is 13.8 Å². The lowest BCUT2D eigenvalue weighted by Crippen LogP contribution is -2.45. The summed E-state index contributed by atoms with van der Waals surface area (Å²) in [5.41, 5.74) is 0. The van der Waals surface area contributed by atoms with Crippen LogP contribution in [-0.2, 0) is 4.79 Å². The van der Waals surface area contributed by atoms with Crippen LogP contribution in [0.2, 0.25) is 0 Å². The van der Waals surface area contributed by atoms with Crippen LogP contribution in [0, 0.1) is 5.92 Å². The van der Waals surface area contributed by atoms with Gasteiger partial charge in [-0.1, -0.05) is 13.8 Å². The molecule has 1 aliphatic rings. The molecule has 1 aliphatic heterocycles. The van der Waals surface area contributed by atoms with Gasteiger partial charge in [-0.25, -0.2) is 0 Å². The molecular weight excluding hydrogens is 140 g/mol. The normalized spacial score (nSPS) is 18.1. The van der Waals surface area contributed by atoms with Crippen LogP contribution in [0.1, 0.15) is 20.3 Å². The Bertz CT molecular complexity index is 141. The summed E-state index contributed by atoms with van der Waals surface area (Å²) in [6.45, 7) is 6.82. The van der Waals surface area contributed by atoms with Crippen molar-refractivity contribution in [1.82, 2.24) is 10.2 Å². The first-order valence-electron chi connectivity index (χ1n) is 4.20. The van der Waals surface area contributed by atoms with E-state index >= 15 is 0 Å². The third kappa shape index (κ3) is 2.50. The van der Waals surface area contributed by atoms with Gasteiger partial charge in [0.15, 0.2) is 0 Å². The van der Waals surface area contributed by atoms with Crippen LogP contribution in [-0.4, -0.2) is 30.6 Å². The molecule has 0 unspecified atom stereocenters. The Kier molecular flexibility index (Phi) is 2.88. The molecule has 0 bridgehead atoms. The first kappa shape index (κ1) is 8.53. The lowest BCUT2D eigenvalue weighted by Gasteiger charge is -2.30. The number of rotatable bonds is 3. The van der Waals surface area contributed by atoms with Crippen LogP contribution >= 0.6 is 0 Å². The summed E-state index contributed by atoms with van der Waals surface area (Å²) in [5.74, 6) is 0.258. The van der Waals surface area contributed by atoms with Gasteiger partial charge in [-0.3, -0.25) is 9.69 Å². The third-order valence-corrected chi connectivity index (χ3v) is 1.95. The summed E-state index contributed by atoms with van der Waals surface area (Å²) in [4.78, 5) is 13.3. The maximum Gasteiger partial charge on any atom is 0.223 e. The Balaban J connectivity index is 2.06. The zero-order chi connectivity index (χ0) is 8.27. The fraction of sp³-hybridized carbons (Fsp3) is 0.875. The number of carbonyl (C=O) groups is 1. The van der Waals surface area contributed by atoms with Gasteiger partial charge in [0.05, 0.1) is 6.67 Å². The second-order valence-corrected chi connectivity index (χ2v) is 3.33. The molecule has 64 valence electrons. The maximum absolute atomic E-state index is 11.0. The van der Waals surface area contributed by atoms with Gasteiger partial charge in [0, 0.05) is 19.0 Å². The Labute approximate surface area is 67.8 Å². The van der Waals surface area contributed by atoms with E-state index in [0.717, 1.165) is 19.8 Å². The number of nitrogens with zero attached hydrogens (tertiary/aromatic N) is 1. The molecule has 0 atom stereocenters. The van der Waals surface area contributed by atoms with Crippen LogP contribution in [0.15, 0.2) is 0 Å². The van der Waals surface area contributed by atoms with Gasteiger partial charge in [-0.05, 0) is 6.42 Å². The minimum atomic E-state index is 0.108. The number of hydrogen-bond donors (Lipinski definition) is 1. The highest BCUT2D eigenvalue weighted by Gasteiger charge is 2.14. The summed E-state index contributed by atoms with van der Waals surface area (Å²) >= 11 is 0. The predicted octanol–water partition coefficient (Wildman–Crippen LogP) is 0.422. The van der Waals surface area contributed by atoms with Crippen molar-refractivity contribution < 1.29 is 4.79 Å². The lowest BCUT2D eigenvalue weighted by atomic mass is 10.2. The van der Waals surface area contributed by atoms with E-state index in [4.69, 9.17) is 0 Å². The second-order valence-electron chi connectivity index (χ2n) is 3.33. The fourth-order valence-electron chi connectivity index (χ4n) is 0.934. The fourth-order valence-corrected chi connectivity index (χ4v) is 0.934. The summed E-state index contributed by atoms with van der Waals surface area (Å²) in [6, 6.07) is 0. The quantitative estimate of drug-likeness (QED) is 0.642. The number of nitrogens with one attached hydrogen (secondary N) is 1. The van der Waals surface area contributed by atoms with Crippen LogP contribution in [0.4, 0.5) is 0 Å². The SMILES string of the molecule is CC(C)C(=O)NCN1CCC1. The van der Waals surface area contributed by atoms with E-state index in [-0.39, 0.29) is 11.8 Å². The van der Waals surface area contributed by atoms with E-state index in [0.29, 0.717) is 0 Å². The van der Waals surface area contributed by atoms with Crippen LogP contribution < -0.4 is 5.32 Å². The maximum atomic E-state index is 11.0. The Morgan fingerprint density at radius 3 is 2.55 bits per heavy atom. The molecule has 0 aromatic carbocycles. The molecule has 11 heavy (non-hydrogen) atoms. The summed E-state index contributed by atoms with van der Waals surface area (Å²) in [5, 5.41) is 2.87. The molecule has 3 heteroatoms. The van der Waals surface area contributed by atoms with Crippen LogP contribution in [0.5, 0.6) is 0 Å². The van der Waals surface area contributed by atoms with Crippen molar-refractivity contribution in [2.24, 2.45) is 5.92 Å². The van der Waals surface area contributed by atoms with Crippen molar-refractivity contribution in [1.29, 1.82) is 0 Å². The zero-order valence-electron chi connectivity index (χ0n) is 7.26. The van der Waals surface area contributed by atoms with Gasteiger partial charge >= 0.3 is 0 Å². The Morgan fingerprint density at radius 1 is 1.55 bits per heavy atom. The molecule has 0 aromatic rings. The van der Waals surface area contributed by atoms with E-state index < -0.39 is 0 Å². The van der Waals surface area contributed by atoms with Crippen LogP contribution in [0.25, 0.3) is 0 Å². The molecule has 0 aliphatic carbocycles. The largest absolute Gasteiger partial charge is 0.343 e. The number of hydrogen-bond acceptors (Lipinski definition) is 2. The van der Waals surface area contributed by atoms with E-state index in [9.17, 15) is 4.79 Å². The van der Waals surface area contributed by atoms with E-state index in [2.05, 4.69) is 10.2 Å². The average Bonchev–Trinajstić information content (AvgIpc) is 1.83. The van der Waals surface area contributed by atoms with Crippen molar-refractivity contribution in [3.8, 4) is 0 Å². The molecule has 1 amide bonds. The number of likely N-dealkylation sites (tertiary alicyclic amines) is 1. The molecule has 0 aromatic heterocycles. The Morgan fingerprint density at radius 2 is 2.18 bits per heavy atom. The molecule has 0 spiro atoms. The zero-order valence-corrected chi connectivity index (χ0v) is 7.26. The lowest BCUT2D eigenvalue weighted by molar-refractivity contribution is -0.124. The predicted molar refractivity (Wildman–Crippen MR) is 44.0 cm³/mol. The highest BCUT2D eigenvalue weighted by molar-refractivity contribution is 5.77. The molecule has 0 saturated carbocycles. The molecule has 1 saturated heterocycles. The molecular formula is C8H16N2O.